The van der Waals surface area contributed by atoms with Crippen LogP contribution < -0.4 is 5.32 Å². The van der Waals surface area contributed by atoms with Gasteiger partial charge in [0, 0.05) is 19.1 Å². The Balaban J connectivity index is 2.38. The third-order valence-electron chi connectivity index (χ3n) is 3.28. The highest BCUT2D eigenvalue weighted by atomic mass is 15.1. The second-order valence-electron chi connectivity index (χ2n) is 4.72. The van der Waals surface area contributed by atoms with Crippen molar-refractivity contribution in [3.05, 3.63) is 35.9 Å². The SMILES string of the molecule is CCCC(CNC)N(C)CCc1ccccc1. The molecule has 1 N–H and O–H groups in total. The van der Waals surface area contributed by atoms with Crippen molar-refractivity contribution in [3.8, 4) is 0 Å². The molecule has 0 bridgehead atoms. The van der Waals surface area contributed by atoms with Crippen LogP contribution in [-0.4, -0.2) is 38.1 Å². The van der Waals surface area contributed by atoms with Crippen LogP contribution in [0.5, 0.6) is 0 Å². The molecule has 0 fully saturated rings. The highest BCUT2D eigenvalue weighted by Gasteiger charge is 2.12. The van der Waals surface area contributed by atoms with Gasteiger partial charge in [0.1, 0.15) is 0 Å². The zero-order valence-electron chi connectivity index (χ0n) is 11.4. The van der Waals surface area contributed by atoms with Crippen molar-refractivity contribution in [1.29, 1.82) is 0 Å². The Morgan fingerprint density at radius 1 is 1.24 bits per heavy atom. The minimum Gasteiger partial charge on any atom is -0.318 e. The first kappa shape index (κ1) is 14.2. The fraction of sp³-hybridized carbons (Fsp3) is 0.600. The number of hydrogen-bond donors (Lipinski definition) is 1. The minimum absolute atomic E-state index is 0.661. The normalized spacial score (nSPS) is 12.9. The Labute approximate surface area is 106 Å². The molecule has 0 saturated heterocycles. The van der Waals surface area contributed by atoms with E-state index in [0.717, 1.165) is 19.5 Å². The van der Waals surface area contributed by atoms with Crippen molar-refractivity contribution in [1.82, 2.24) is 10.2 Å². The molecule has 0 saturated carbocycles. The Kier molecular flexibility index (Phi) is 6.90. The van der Waals surface area contributed by atoms with Crippen LogP contribution in [0.25, 0.3) is 0 Å². The lowest BCUT2D eigenvalue weighted by atomic mass is 10.1. The second-order valence-corrected chi connectivity index (χ2v) is 4.72. The third kappa shape index (κ3) is 5.33. The molecule has 0 heterocycles. The predicted molar refractivity (Wildman–Crippen MR) is 75.4 cm³/mol. The highest BCUT2D eigenvalue weighted by Crippen LogP contribution is 2.07. The van der Waals surface area contributed by atoms with Crippen LogP contribution in [-0.2, 0) is 6.42 Å². The van der Waals surface area contributed by atoms with Crippen LogP contribution in [0, 0.1) is 0 Å². The lowest BCUT2D eigenvalue weighted by Gasteiger charge is -2.27. The van der Waals surface area contributed by atoms with Gasteiger partial charge in [-0.15, -0.1) is 0 Å². The lowest BCUT2D eigenvalue weighted by molar-refractivity contribution is 0.228. The standard InChI is InChI=1S/C15H26N2/c1-4-8-15(13-16-2)17(3)12-11-14-9-6-5-7-10-14/h5-7,9-10,15-16H,4,8,11-13H2,1-3H3. The van der Waals surface area contributed by atoms with Crippen molar-refractivity contribution < 1.29 is 0 Å². The molecule has 1 aromatic carbocycles. The molecular weight excluding hydrogens is 208 g/mol. The van der Waals surface area contributed by atoms with Crippen molar-refractivity contribution in [2.45, 2.75) is 32.2 Å². The van der Waals surface area contributed by atoms with Gasteiger partial charge in [-0.05, 0) is 32.5 Å². The number of hydrogen-bond acceptors (Lipinski definition) is 2. The molecule has 0 aliphatic carbocycles. The predicted octanol–water partition coefficient (Wildman–Crippen LogP) is 2.55. The molecule has 0 spiro atoms. The molecule has 0 amide bonds. The molecule has 1 atom stereocenters. The van der Waals surface area contributed by atoms with Gasteiger partial charge in [0.15, 0.2) is 0 Å². The van der Waals surface area contributed by atoms with Gasteiger partial charge in [0.25, 0.3) is 0 Å². The molecule has 1 unspecified atom stereocenters. The molecule has 17 heavy (non-hydrogen) atoms. The van der Waals surface area contributed by atoms with Crippen molar-refractivity contribution in [2.24, 2.45) is 0 Å². The van der Waals surface area contributed by atoms with Crippen molar-refractivity contribution in [2.75, 3.05) is 27.2 Å². The summed E-state index contributed by atoms with van der Waals surface area (Å²) in [7, 11) is 4.27. The smallest absolute Gasteiger partial charge is 0.0217 e. The zero-order chi connectivity index (χ0) is 12.5. The minimum atomic E-state index is 0.661. The van der Waals surface area contributed by atoms with Gasteiger partial charge in [-0.3, -0.25) is 0 Å². The summed E-state index contributed by atoms with van der Waals surface area (Å²) in [6.45, 7) is 4.48. The van der Waals surface area contributed by atoms with Crippen LogP contribution >= 0.6 is 0 Å². The van der Waals surface area contributed by atoms with Crippen LogP contribution in [0.4, 0.5) is 0 Å². The van der Waals surface area contributed by atoms with E-state index in [4.69, 9.17) is 0 Å². The Morgan fingerprint density at radius 3 is 2.53 bits per heavy atom. The monoisotopic (exact) mass is 234 g/mol. The Morgan fingerprint density at radius 2 is 1.94 bits per heavy atom. The topological polar surface area (TPSA) is 15.3 Å². The summed E-state index contributed by atoms with van der Waals surface area (Å²) in [5.74, 6) is 0. The van der Waals surface area contributed by atoms with Gasteiger partial charge in [-0.25, -0.2) is 0 Å². The number of likely N-dealkylation sites (N-methyl/N-ethyl adjacent to an activating group) is 2. The van der Waals surface area contributed by atoms with E-state index in [0.29, 0.717) is 6.04 Å². The van der Waals surface area contributed by atoms with Crippen molar-refractivity contribution in [3.63, 3.8) is 0 Å². The first-order chi connectivity index (χ1) is 8.27. The fourth-order valence-electron chi connectivity index (χ4n) is 2.18. The van der Waals surface area contributed by atoms with Gasteiger partial charge >= 0.3 is 0 Å². The average Bonchev–Trinajstić information content (AvgIpc) is 2.37. The maximum Gasteiger partial charge on any atom is 0.0217 e. The van der Waals surface area contributed by atoms with E-state index in [1.54, 1.807) is 0 Å². The average molecular weight is 234 g/mol. The molecule has 0 aromatic heterocycles. The number of rotatable bonds is 8. The fourth-order valence-corrected chi connectivity index (χ4v) is 2.18. The van der Waals surface area contributed by atoms with E-state index in [2.05, 4.69) is 54.5 Å². The third-order valence-corrected chi connectivity index (χ3v) is 3.28. The summed E-state index contributed by atoms with van der Waals surface area (Å²) in [6, 6.07) is 11.4. The first-order valence-corrected chi connectivity index (χ1v) is 6.66. The Hall–Kier alpha value is -0.860. The highest BCUT2D eigenvalue weighted by molar-refractivity contribution is 5.14. The van der Waals surface area contributed by atoms with Crippen LogP contribution in [0.15, 0.2) is 30.3 Å². The van der Waals surface area contributed by atoms with Crippen LogP contribution in [0.1, 0.15) is 25.3 Å². The zero-order valence-corrected chi connectivity index (χ0v) is 11.4. The van der Waals surface area contributed by atoms with E-state index in [1.807, 2.05) is 7.05 Å². The molecule has 1 aromatic rings. The summed E-state index contributed by atoms with van der Waals surface area (Å²) in [4.78, 5) is 2.48. The first-order valence-electron chi connectivity index (χ1n) is 6.66. The second kappa shape index (κ2) is 8.26. The van der Waals surface area contributed by atoms with E-state index >= 15 is 0 Å². The van der Waals surface area contributed by atoms with Crippen molar-refractivity contribution >= 4 is 0 Å². The van der Waals surface area contributed by atoms with Gasteiger partial charge in [0.2, 0.25) is 0 Å². The van der Waals surface area contributed by atoms with Crippen LogP contribution in [0.3, 0.4) is 0 Å². The molecule has 1 rings (SSSR count). The van der Waals surface area contributed by atoms with Crippen LogP contribution in [0.2, 0.25) is 0 Å². The maximum absolute atomic E-state index is 3.29. The lowest BCUT2D eigenvalue weighted by Crippen LogP contribution is -2.40. The Bertz CT molecular complexity index is 278. The summed E-state index contributed by atoms with van der Waals surface area (Å²) in [6.07, 6.45) is 3.66. The largest absolute Gasteiger partial charge is 0.318 e. The van der Waals surface area contributed by atoms with Gasteiger partial charge in [-0.2, -0.15) is 0 Å². The number of nitrogens with zero attached hydrogens (tertiary/aromatic N) is 1. The number of benzene rings is 1. The molecule has 2 heteroatoms. The molecule has 2 nitrogen and oxygen atoms in total. The summed E-state index contributed by atoms with van der Waals surface area (Å²) < 4.78 is 0. The van der Waals surface area contributed by atoms with Gasteiger partial charge in [-0.1, -0.05) is 43.7 Å². The molecule has 0 radical (unpaired) electrons. The van der Waals surface area contributed by atoms with E-state index in [-0.39, 0.29) is 0 Å². The quantitative estimate of drug-likeness (QED) is 0.743. The molecule has 0 aliphatic heterocycles. The van der Waals surface area contributed by atoms with Gasteiger partial charge in [0.05, 0.1) is 0 Å². The summed E-state index contributed by atoms with van der Waals surface area (Å²) in [5, 5.41) is 3.29. The van der Waals surface area contributed by atoms with Gasteiger partial charge < -0.3 is 10.2 Å². The molecular formula is C15H26N2. The summed E-state index contributed by atoms with van der Waals surface area (Å²) >= 11 is 0. The maximum atomic E-state index is 3.29. The molecule has 96 valence electrons. The van der Waals surface area contributed by atoms with E-state index in [9.17, 15) is 0 Å². The van der Waals surface area contributed by atoms with E-state index < -0.39 is 0 Å². The summed E-state index contributed by atoms with van der Waals surface area (Å²) in [5.41, 5.74) is 1.43. The van der Waals surface area contributed by atoms with E-state index in [1.165, 1.54) is 18.4 Å². The molecule has 0 aliphatic rings. The number of nitrogens with one attached hydrogen (secondary N) is 1.